The van der Waals surface area contributed by atoms with E-state index in [1.165, 1.54) is 18.2 Å². The van der Waals surface area contributed by atoms with Crippen LogP contribution < -0.4 is 10.4 Å². The fourth-order valence-corrected chi connectivity index (χ4v) is 4.02. The second kappa shape index (κ2) is 7.21. The fourth-order valence-electron chi connectivity index (χ4n) is 4.02. The van der Waals surface area contributed by atoms with Gasteiger partial charge >= 0.3 is 5.63 Å². The summed E-state index contributed by atoms with van der Waals surface area (Å²) in [4.78, 5) is 37.1. The number of nitrogens with zero attached hydrogens (tertiary/aromatic N) is 1. The van der Waals surface area contributed by atoms with Crippen molar-refractivity contribution in [1.82, 2.24) is 0 Å². The quantitative estimate of drug-likeness (QED) is 0.212. The third-order valence-corrected chi connectivity index (χ3v) is 5.41. The molecule has 3 aromatic carbocycles. The summed E-state index contributed by atoms with van der Waals surface area (Å²) in [6.07, 6.45) is -1.06. The van der Waals surface area contributed by atoms with Crippen LogP contribution in [0.3, 0.4) is 0 Å². The van der Waals surface area contributed by atoms with Crippen LogP contribution in [0.2, 0.25) is 0 Å². The second-order valence-electron chi connectivity index (χ2n) is 7.23. The molecule has 0 saturated carbocycles. The molecule has 5 rings (SSSR count). The normalized spacial score (nSPS) is 17.2. The molecule has 4 aromatic rings. The van der Waals surface area contributed by atoms with Crippen molar-refractivity contribution in [3.05, 3.63) is 116 Å². The zero-order valence-electron chi connectivity index (χ0n) is 16.1. The Kier molecular flexibility index (Phi) is 4.36. The molecule has 2 heterocycles. The van der Waals surface area contributed by atoms with Gasteiger partial charge in [-0.1, -0.05) is 54.6 Å². The minimum Gasteiger partial charge on any atom is -0.480 e. The first-order valence-corrected chi connectivity index (χ1v) is 9.60. The van der Waals surface area contributed by atoms with Crippen LogP contribution in [0.4, 0.5) is 5.69 Å². The van der Waals surface area contributed by atoms with E-state index in [4.69, 9.17) is 9.15 Å². The number of non-ortho nitro benzene ring substituents is 1. The number of nitro benzene ring substituents is 1. The molecule has 31 heavy (non-hydrogen) atoms. The minimum atomic E-state index is -1.06. The number of rotatable bonds is 4. The Morgan fingerprint density at radius 3 is 2.45 bits per heavy atom. The van der Waals surface area contributed by atoms with E-state index in [0.29, 0.717) is 22.1 Å². The Bertz CT molecular complexity index is 1390. The number of benzene rings is 3. The monoisotopic (exact) mass is 413 g/mol. The van der Waals surface area contributed by atoms with Crippen molar-refractivity contribution >= 4 is 22.4 Å². The van der Waals surface area contributed by atoms with E-state index in [2.05, 4.69) is 0 Å². The molecule has 0 spiro atoms. The first-order chi connectivity index (χ1) is 15.0. The maximum atomic E-state index is 13.4. The molecule has 0 bridgehead atoms. The van der Waals surface area contributed by atoms with E-state index >= 15 is 0 Å². The lowest BCUT2D eigenvalue weighted by Gasteiger charge is -2.18. The molecule has 0 N–H and O–H groups in total. The molecule has 0 fully saturated rings. The lowest BCUT2D eigenvalue weighted by atomic mass is 9.85. The standard InChI is InChI=1S/C24H15NO6/c26-21(14-7-2-1-3-8-14)23-19(15-9-6-10-16(13-15)25(28)29)20-22(31-23)17-11-4-5-12-18(17)30-24(20)27/h1-13,19,23H/t19-,23-/m0/s1. The number of ketones is 1. The van der Waals surface area contributed by atoms with Crippen molar-refractivity contribution in [1.29, 1.82) is 0 Å². The molecule has 0 radical (unpaired) electrons. The Balaban J connectivity index is 1.75. The van der Waals surface area contributed by atoms with Crippen LogP contribution in [0.5, 0.6) is 5.75 Å². The number of ether oxygens (including phenoxy) is 1. The second-order valence-corrected chi connectivity index (χ2v) is 7.23. The van der Waals surface area contributed by atoms with E-state index in [0.717, 1.165) is 0 Å². The molecule has 1 aliphatic rings. The number of nitro groups is 1. The largest absolute Gasteiger partial charge is 0.480 e. The lowest BCUT2D eigenvalue weighted by molar-refractivity contribution is -0.384. The van der Waals surface area contributed by atoms with Crippen molar-refractivity contribution in [2.45, 2.75) is 12.0 Å². The van der Waals surface area contributed by atoms with Crippen LogP contribution in [-0.2, 0) is 0 Å². The summed E-state index contributed by atoms with van der Waals surface area (Å²) in [6, 6.07) is 21.4. The van der Waals surface area contributed by atoms with E-state index in [9.17, 15) is 19.7 Å². The first-order valence-electron chi connectivity index (χ1n) is 9.60. The van der Waals surface area contributed by atoms with Gasteiger partial charge in [0.2, 0.25) is 5.78 Å². The summed E-state index contributed by atoms with van der Waals surface area (Å²) in [7, 11) is 0. The molecule has 7 nitrogen and oxygen atoms in total. The van der Waals surface area contributed by atoms with E-state index in [1.807, 2.05) is 0 Å². The van der Waals surface area contributed by atoms with Gasteiger partial charge in [-0.05, 0) is 17.7 Å². The van der Waals surface area contributed by atoms with Crippen molar-refractivity contribution in [3.8, 4) is 5.75 Å². The number of carbonyl (C=O) groups excluding carboxylic acids is 1. The van der Waals surface area contributed by atoms with Crippen molar-refractivity contribution in [3.63, 3.8) is 0 Å². The van der Waals surface area contributed by atoms with Gasteiger partial charge in [-0.3, -0.25) is 14.9 Å². The number of Topliss-reactive ketones (excluding diaryl/α,β-unsaturated/α-hetero) is 1. The minimum absolute atomic E-state index is 0.137. The van der Waals surface area contributed by atoms with Gasteiger partial charge in [0.05, 0.1) is 21.8 Å². The Labute approximate surface area is 175 Å². The van der Waals surface area contributed by atoms with Crippen LogP contribution in [0.25, 0.3) is 11.0 Å². The number of carbonyl (C=O) groups is 1. The predicted molar refractivity (Wildman–Crippen MR) is 113 cm³/mol. The van der Waals surface area contributed by atoms with Crippen LogP contribution in [0.1, 0.15) is 27.4 Å². The fraction of sp³-hybridized carbons (Fsp3) is 0.0833. The topological polar surface area (TPSA) is 99.7 Å². The molecule has 0 amide bonds. The highest BCUT2D eigenvalue weighted by Gasteiger charge is 2.44. The van der Waals surface area contributed by atoms with Crippen molar-refractivity contribution < 1.29 is 18.9 Å². The molecular weight excluding hydrogens is 398 g/mol. The average Bonchev–Trinajstić information content (AvgIpc) is 3.21. The van der Waals surface area contributed by atoms with Gasteiger partial charge in [-0.25, -0.2) is 4.79 Å². The SMILES string of the molecule is O=C(c1ccccc1)[C@H]1Oc2c(c(=O)oc3ccccc23)[C@@H]1c1cccc([N+](=O)[O-])c1. The zero-order chi connectivity index (χ0) is 21.5. The summed E-state index contributed by atoms with van der Waals surface area (Å²) in [5, 5.41) is 11.9. The molecule has 1 aliphatic heterocycles. The lowest BCUT2D eigenvalue weighted by Crippen LogP contribution is -2.31. The number of hydrogen-bond donors (Lipinski definition) is 0. The first kappa shape index (κ1) is 18.7. The third-order valence-electron chi connectivity index (χ3n) is 5.41. The maximum absolute atomic E-state index is 13.4. The molecule has 0 aliphatic carbocycles. The molecule has 1 aromatic heterocycles. The highest BCUT2D eigenvalue weighted by molar-refractivity contribution is 6.02. The predicted octanol–water partition coefficient (Wildman–Crippen LogP) is 4.48. The molecular formula is C24H15NO6. The van der Waals surface area contributed by atoms with E-state index in [1.54, 1.807) is 60.7 Å². The maximum Gasteiger partial charge on any atom is 0.344 e. The van der Waals surface area contributed by atoms with Gasteiger partial charge in [0.1, 0.15) is 11.3 Å². The molecule has 152 valence electrons. The van der Waals surface area contributed by atoms with Crippen LogP contribution >= 0.6 is 0 Å². The summed E-state index contributed by atoms with van der Waals surface area (Å²) in [6.45, 7) is 0. The summed E-state index contributed by atoms with van der Waals surface area (Å²) in [5.74, 6) is -0.891. The molecule has 2 atom stereocenters. The molecule has 7 heteroatoms. The summed E-state index contributed by atoms with van der Waals surface area (Å²) >= 11 is 0. The Morgan fingerprint density at radius 1 is 0.935 bits per heavy atom. The van der Waals surface area contributed by atoms with Crippen LogP contribution in [0, 0.1) is 10.1 Å². The van der Waals surface area contributed by atoms with Gasteiger partial charge in [0, 0.05) is 17.7 Å². The van der Waals surface area contributed by atoms with Crippen molar-refractivity contribution in [2.75, 3.05) is 0 Å². The van der Waals surface area contributed by atoms with Crippen LogP contribution in [-0.4, -0.2) is 16.8 Å². The third kappa shape index (κ3) is 3.07. The Hall–Kier alpha value is -4.26. The summed E-state index contributed by atoms with van der Waals surface area (Å²) < 4.78 is 11.6. The number of para-hydroxylation sites is 1. The Morgan fingerprint density at radius 2 is 1.68 bits per heavy atom. The van der Waals surface area contributed by atoms with Gasteiger partial charge in [-0.15, -0.1) is 0 Å². The zero-order valence-corrected chi connectivity index (χ0v) is 16.1. The van der Waals surface area contributed by atoms with E-state index < -0.39 is 22.6 Å². The van der Waals surface area contributed by atoms with Crippen molar-refractivity contribution in [2.24, 2.45) is 0 Å². The number of fused-ring (bicyclic) bond motifs is 3. The van der Waals surface area contributed by atoms with Crippen LogP contribution in [0.15, 0.2) is 88.1 Å². The number of hydrogen-bond acceptors (Lipinski definition) is 6. The highest BCUT2D eigenvalue weighted by Crippen LogP contribution is 2.45. The summed E-state index contributed by atoms with van der Waals surface area (Å²) in [5.41, 5.74) is 0.621. The van der Waals surface area contributed by atoms with Gasteiger partial charge in [0.15, 0.2) is 6.10 Å². The molecule has 0 unspecified atom stereocenters. The average molecular weight is 413 g/mol. The van der Waals surface area contributed by atoms with E-state index in [-0.39, 0.29) is 22.8 Å². The van der Waals surface area contributed by atoms with Gasteiger partial charge in [-0.2, -0.15) is 0 Å². The van der Waals surface area contributed by atoms with Gasteiger partial charge < -0.3 is 9.15 Å². The molecule has 0 saturated heterocycles. The highest BCUT2D eigenvalue weighted by atomic mass is 16.6. The van der Waals surface area contributed by atoms with Gasteiger partial charge in [0.25, 0.3) is 5.69 Å². The smallest absolute Gasteiger partial charge is 0.344 e.